The number of aryl methyl sites for hydroxylation is 2. The van der Waals surface area contributed by atoms with Crippen molar-refractivity contribution in [2.75, 3.05) is 0 Å². The average Bonchev–Trinajstić information content (AvgIpc) is 2.12. The van der Waals surface area contributed by atoms with Crippen LogP contribution in [0.15, 0.2) is 23.1 Å². The molecule has 0 heterocycles. The molecule has 4 heteroatoms. The van der Waals surface area contributed by atoms with Gasteiger partial charge >= 0.3 is 0 Å². The van der Waals surface area contributed by atoms with Gasteiger partial charge in [0.25, 0.3) is 0 Å². The summed E-state index contributed by atoms with van der Waals surface area (Å²) >= 11 is 0. The minimum Gasteiger partial charge on any atom is -0.744 e. The first-order valence-corrected chi connectivity index (χ1v) is 6.41. The van der Waals surface area contributed by atoms with Gasteiger partial charge in [0.2, 0.25) is 0 Å². The maximum atomic E-state index is 11.0. The topological polar surface area (TPSA) is 57.2 Å². The fourth-order valence-corrected chi connectivity index (χ4v) is 2.23. The van der Waals surface area contributed by atoms with E-state index in [0.29, 0.717) is 12.0 Å². The normalized spacial score (nSPS) is 11.7. The molecule has 0 bridgehead atoms. The molecule has 1 aromatic carbocycles. The number of hydrogen-bond donors (Lipinski definition) is 0. The molecule has 0 fully saturated rings. The zero-order valence-corrected chi connectivity index (χ0v) is 9.80. The molecule has 0 unspecified atom stereocenters. The number of unbranched alkanes of at least 4 members (excludes halogenated alkanes) is 1. The minimum absolute atomic E-state index is 0.0680. The summed E-state index contributed by atoms with van der Waals surface area (Å²) in [7, 11) is -4.33. The number of benzene rings is 1. The molecule has 0 aliphatic heterocycles. The van der Waals surface area contributed by atoms with Crippen LogP contribution in [0.25, 0.3) is 0 Å². The molecule has 15 heavy (non-hydrogen) atoms. The maximum Gasteiger partial charge on any atom is 0.124 e. The average molecular weight is 227 g/mol. The van der Waals surface area contributed by atoms with Crippen LogP contribution in [0.5, 0.6) is 0 Å². The van der Waals surface area contributed by atoms with Crippen LogP contribution in [-0.4, -0.2) is 13.0 Å². The van der Waals surface area contributed by atoms with Crippen LogP contribution in [0.1, 0.15) is 30.9 Å². The number of hydrogen-bond acceptors (Lipinski definition) is 3. The number of rotatable bonds is 4. The van der Waals surface area contributed by atoms with Gasteiger partial charge in [0.15, 0.2) is 0 Å². The highest BCUT2D eigenvalue weighted by Gasteiger charge is 2.08. The van der Waals surface area contributed by atoms with Gasteiger partial charge in [-0.1, -0.05) is 31.0 Å². The lowest BCUT2D eigenvalue weighted by molar-refractivity contribution is 0.462. The molecule has 0 saturated heterocycles. The first-order chi connectivity index (χ1) is 6.95. The van der Waals surface area contributed by atoms with Crippen LogP contribution >= 0.6 is 0 Å². The van der Waals surface area contributed by atoms with E-state index >= 15 is 0 Å². The van der Waals surface area contributed by atoms with Gasteiger partial charge in [-0.25, -0.2) is 8.42 Å². The van der Waals surface area contributed by atoms with E-state index in [9.17, 15) is 13.0 Å². The third-order valence-electron chi connectivity index (χ3n) is 2.28. The fourth-order valence-electron chi connectivity index (χ4n) is 1.51. The predicted octanol–water partition coefficient (Wildman–Crippen LogP) is 2.24. The van der Waals surface area contributed by atoms with Gasteiger partial charge in [-0.3, -0.25) is 0 Å². The van der Waals surface area contributed by atoms with Crippen molar-refractivity contribution in [3.05, 3.63) is 29.3 Å². The summed E-state index contributed by atoms with van der Waals surface area (Å²) in [6, 6.07) is 4.84. The lowest BCUT2D eigenvalue weighted by atomic mass is 10.1. The SMILES string of the molecule is CCCCc1cc(C)ccc1S(=O)(=O)[O-]. The van der Waals surface area contributed by atoms with Gasteiger partial charge in [0.05, 0.1) is 4.90 Å². The minimum atomic E-state index is -4.33. The second kappa shape index (κ2) is 4.77. The summed E-state index contributed by atoms with van der Waals surface area (Å²) in [5, 5.41) is 0. The second-order valence-corrected chi connectivity index (χ2v) is 5.02. The van der Waals surface area contributed by atoms with Crippen molar-refractivity contribution in [3.63, 3.8) is 0 Å². The van der Waals surface area contributed by atoms with E-state index in [0.717, 1.165) is 18.4 Å². The second-order valence-electron chi connectivity index (χ2n) is 3.67. The van der Waals surface area contributed by atoms with Crippen LogP contribution in [0.4, 0.5) is 0 Å². The molecule has 1 aromatic rings. The summed E-state index contributed by atoms with van der Waals surface area (Å²) in [5.41, 5.74) is 1.63. The van der Waals surface area contributed by atoms with Gasteiger partial charge in [0, 0.05) is 0 Å². The monoisotopic (exact) mass is 227 g/mol. The molecule has 0 radical (unpaired) electrons. The predicted molar refractivity (Wildman–Crippen MR) is 57.8 cm³/mol. The maximum absolute atomic E-state index is 11.0. The van der Waals surface area contributed by atoms with Crippen molar-refractivity contribution in [3.8, 4) is 0 Å². The van der Waals surface area contributed by atoms with Crippen LogP contribution in [0, 0.1) is 6.92 Å². The largest absolute Gasteiger partial charge is 0.744 e. The third-order valence-corrected chi connectivity index (χ3v) is 3.22. The molecule has 0 N–H and O–H groups in total. The molecule has 0 aromatic heterocycles. The standard InChI is InChI=1S/C11H16O3S/c1-3-4-5-10-8-9(2)6-7-11(10)15(12,13)14/h6-8H,3-5H2,1-2H3,(H,12,13,14)/p-1. The first kappa shape index (κ1) is 12.2. The Hall–Kier alpha value is -0.870. The molecule has 84 valence electrons. The molecule has 0 spiro atoms. The molecule has 1 rings (SSSR count). The summed E-state index contributed by atoms with van der Waals surface area (Å²) in [6.07, 6.45) is 2.52. The lowest BCUT2D eigenvalue weighted by Crippen LogP contribution is -2.04. The quantitative estimate of drug-likeness (QED) is 0.741. The molecule has 0 aliphatic carbocycles. The van der Waals surface area contributed by atoms with Gasteiger partial charge in [0.1, 0.15) is 10.1 Å². The Kier molecular flexibility index (Phi) is 3.88. The highest BCUT2D eigenvalue weighted by Crippen LogP contribution is 2.19. The smallest absolute Gasteiger partial charge is 0.124 e. The van der Waals surface area contributed by atoms with E-state index in [-0.39, 0.29) is 4.90 Å². The summed E-state index contributed by atoms with van der Waals surface area (Å²) < 4.78 is 32.9. The van der Waals surface area contributed by atoms with Gasteiger partial charge in [-0.05, 0) is 31.4 Å². The highest BCUT2D eigenvalue weighted by molar-refractivity contribution is 7.85. The molecule has 0 aliphatic rings. The summed E-state index contributed by atoms with van der Waals surface area (Å²) in [4.78, 5) is -0.0680. The first-order valence-electron chi connectivity index (χ1n) is 5.00. The van der Waals surface area contributed by atoms with E-state index in [4.69, 9.17) is 0 Å². The fraction of sp³-hybridized carbons (Fsp3) is 0.455. The highest BCUT2D eigenvalue weighted by atomic mass is 32.2. The van der Waals surface area contributed by atoms with Crippen molar-refractivity contribution in [2.24, 2.45) is 0 Å². The Labute approximate surface area is 90.9 Å². The lowest BCUT2D eigenvalue weighted by Gasteiger charge is -2.13. The molecule has 0 saturated carbocycles. The van der Waals surface area contributed by atoms with Crippen LogP contribution in [0.2, 0.25) is 0 Å². The Bertz CT molecular complexity index is 435. The van der Waals surface area contributed by atoms with Crippen LogP contribution < -0.4 is 0 Å². The Morgan fingerprint density at radius 3 is 2.53 bits per heavy atom. The van der Waals surface area contributed by atoms with E-state index < -0.39 is 10.1 Å². The van der Waals surface area contributed by atoms with E-state index in [1.165, 1.54) is 6.07 Å². The molecule has 0 atom stereocenters. The Balaban J connectivity index is 3.15. The molecule has 0 amide bonds. The van der Waals surface area contributed by atoms with Crippen molar-refractivity contribution >= 4 is 10.1 Å². The molecular formula is C11H15O3S-. The summed E-state index contributed by atoms with van der Waals surface area (Å²) in [6.45, 7) is 3.91. The van der Waals surface area contributed by atoms with Gasteiger partial charge in [-0.2, -0.15) is 0 Å². The van der Waals surface area contributed by atoms with Crippen molar-refractivity contribution in [1.82, 2.24) is 0 Å². The van der Waals surface area contributed by atoms with E-state index in [1.54, 1.807) is 12.1 Å². The Morgan fingerprint density at radius 1 is 1.33 bits per heavy atom. The van der Waals surface area contributed by atoms with Crippen molar-refractivity contribution < 1.29 is 13.0 Å². The van der Waals surface area contributed by atoms with Crippen LogP contribution in [0.3, 0.4) is 0 Å². The van der Waals surface area contributed by atoms with Crippen molar-refractivity contribution in [1.29, 1.82) is 0 Å². The molecule has 3 nitrogen and oxygen atoms in total. The van der Waals surface area contributed by atoms with E-state index in [1.807, 2.05) is 13.8 Å². The van der Waals surface area contributed by atoms with Crippen LogP contribution in [-0.2, 0) is 16.5 Å². The summed E-state index contributed by atoms with van der Waals surface area (Å²) in [5.74, 6) is 0. The van der Waals surface area contributed by atoms with Gasteiger partial charge < -0.3 is 4.55 Å². The van der Waals surface area contributed by atoms with E-state index in [2.05, 4.69) is 0 Å². The van der Waals surface area contributed by atoms with Gasteiger partial charge in [-0.15, -0.1) is 0 Å². The zero-order valence-electron chi connectivity index (χ0n) is 8.99. The zero-order chi connectivity index (χ0) is 11.5. The third kappa shape index (κ3) is 3.32. The van der Waals surface area contributed by atoms with Crippen molar-refractivity contribution in [2.45, 2.75) is 38.0 Å². The molecular weight excluding hydrogens is 212 g/mol. The Morgan fingerprint density at radius 2 is 2.00 bits per heavy atom.